The van der Waals surface area contributed by atoms with E-state index in [1.807, 2.05) is 0 Å². The van der Waals surface area contributed by atoms with Crippen molar-refractivity contribution in [3.05, 3.63) is 0 Å². The summed E-state index contributed by atoms with van der Waals surface area (Å²) in [6, 6.07) is -0.483. The SMILES string of the molecule is NC(CCS)C(=O)OC1CCC1. The molecule has 1 fully saturated rings. The Morgan fingerprint density at radius 2 is 2.33 bits per heavy atom. The van der Waals surface area contributed by atoms with Gasteiger partial charge in [-0.05, 0) is 31.4 Å². The molecule has 1 aliphatic rings. The third-order valence-electron chi connectivity index (χ3n) is 2.08. The summed E-state index contributed by atoms with van der Waals surface area (Å²) >= 11 is 3.99. The molecule has 0 aromatic heterocycles. The quantitative estimate of drug-likeness (QED) is 0.506. The van der Waals surface area contributed by atoms with Crippen molar-refractivity contribution in [1.29, 1.82) is 0 Å². The van der Waals surface area contributed by atoms with Crippen LogP contribution in [-0.4, -0.2) is 23.9 Å². The predicted molar refractivity (Wildman–Crippen MR) is 50.2 cm³/mol. The summed E-state index contributed by atoms with van der Waals surface area (Å²) in [6.45, 7) is 0. The molecule has 1 rings (SSSR count). The standard InChI is InChI=1S/C8H15NO2S/c9-7(4-5-12)8(10)11-6-2-1-3-6/h6-7,12H,1-5,9H2. The number of rotatable bonds is 4. The third-order valence-corrected chi connectivity index (χ3v) is 2.34. The van der Waals surface area contributed by atoms with E-state index in [0.29, 0.717) is 12.2 Å². The second-order valence-corrected chi connectivity index (χ2v) is 3.56. The number of esters is 1. The topological polar surface area (TPSA) is 52.3 Å². The highest BCUT2D eigenvalue weighted by Gasteiger charge is 2.24. The Balaban J connectivity index is 2.16. The van der Waals surface area contributed by atoms with Crippen molar-refractivity contribution in [1.82, 2.24) is 0 Å². The first-order chi connectivity index (χ1) is 5.74. The normalized spacial score (nSPS) is 19.8. The van der Waals surface area contributed by atoms with E-state index in [1.54, 1.807) is 0 Å². The van der Waals surface area contributed by atoms with Crippen molar-refractivity contribution in [3.8, 4) is 0 Å². The Hall–Kier alpha value is -0.220. The van der Waals surface area contributed by atoms with Gasteiger partial charge < -0.3 is 10.5 Å². The lowest BCUT2D eigenvalue weighted by Gasteiger charge is -2.26. The maximum Gasteiger partial charge on any atom is 0.323 e. The number of nitrogens with two attached hydrogens (primary N) is 1. The molecule has 0 spiro atoms. The number of ether oxygens (including phenoxy) is 1. The van der Waals surface area contributed by atoms with Crippen molar-refractivity contribution in [2.75, 3.05) is 5.75 Å². The van der Waals surface area contributed by atoms with Gasteiger partial charge in [-0.2, -0.15) is 12.6 Å². The van der Waals surface area contributed by atoms with E-state index in [-0.39, 0.29) is 12.1 Å². The number of carbonyl (C=O) groups is 1. The minimum absolute atomic E-state index is 0.142. The molecule has 0 bridgehead atoms. The van der Waals surface area contributed by atoms with Gasteiger partial charge in [-0.15, -0.1) is 0 Å². The van der Waals surface area contributed by atoms with Crippen LogP contribution in [0.25, 0.3) is 0 Å². The van der Waals surface area contributed by atoms with Gasteiger partial charge in [0, 0.05) is 0 Å². The van der Waals surface area contributed by atoms with Gasteiger partial charge in [-0.3, -0.25) is 4.79 Å². The Bertz CT molecular complexity index is 159. The van der Waals surface area contributed by atoms with Crippen molar-refractivity contribution >= 4 is 18.6 Å². The number of hydrogen-bond donors (Lipinski definition) is 2. The molecule has 1 saturated carbocycles. The molecule has 0 aliphatic heterocycles. The smallest absolute Gasteiger partial charge is 0.323 e. The first kappa shape index (κ1) is 9.86. The van der Waals surface area contributed by atoms with E-state index in [9.17, 15) is 4.79 Å². The molecule has 2 N–H and O–H groups in total. The second-order valence-electron chi connectivity index (χ2n) is 3.11. The Morgan fingerprint density at radius 1 is 1.67 bits per heavy atom. The molecule has 0 radical (unpaired) electrons. The van der Waals surface area contributed by atoms with Gasteiger partial charge in [0.25, 0.3) is 0 Å². The minimum atomic E-state index is -0.483. The fourth-order valence-electron chi connectivity index (χ4n) is 0.997. The van der Waals surface area contributed by atoms with Crippen LogP contribution in [0.15, 0.2) is 0 Å². The van der Waals surface area contributed by atoms with Crippen LogP contribution in [0.5, 0.6) is 0 Å². The van der Waals surface area contributed by atoms with Crippen molar-refractivity contribution in [2.45, 2.75) is 37.8 Å². The lowest BCUT2D eigenvalue weighted by atomic mass is 9.96. The summed E-state index contributed by atoms with van der Waals surface area (Å²) in [5.41, 5.74) is 5.53. The molecule has 1 unspecified atom stereocenters. The Labute approximate surface area is 78.1 Å². The largest absolute Gasteiger partial charge is 0.461 e. The van der Waals surface area contributed by atoms with Gasteiger partial charge in [0.05, 0.1) is 0 Å². The van der Waals surface area contributed by atoms with E-state index >= 15 is 0 Å². The molecule has 12 heavy (non-hydrogen) atoms. The fraction of sp³-hybridized carbons (Fsp3) is 0.875. The van der Waals surface area contributed by atoms with Crippen LogP contribution in [-0.2, 0) is 9.53 Å². The summed E-state index contributed by atoms with van der Waals surface area (Å²) < 4.78 is 5.10. The minimum Gasteiger partial charge on any atom is -0.461 e. The maximum absolute atomic E-state index is 11.2. The van der Waals surface area contributed by atoms with Crippen LogP contribution in [0.4, 0.5) is 0 Å². The van der Waals surface area contributed by atoms with E-state index in [2.05, 4.69) is 12.6 Å². The van der Waals surface area contributed by atoms with Gasteiger partial charge in [-0.25, -0.2) is 0 Å². The van der Waals surface area contributed by atoms with E-state index in [0.717, 1.165) is 12.8 Å². The second kappa shape index (κ2) is 4.72. The van der Waals surface area contributed by atoms with Gasteiger partial charge in [0.1, 0.15) is 12.1 Å². The van der Waals surface area contributed by atoms with Crippen LogP contribution < -0.4 is 5.73 Å². The Morgan fingerprint density at radius 3 is 2.75 bits per heavy atom. The van der Waals surface area contributed by atoms with Crippen LogP contribution in [0.1, 0.15) is 25.7 Å². The zero-order valence-electron chi connectivity index (χ0n) is 7.03. The average Bonchev–Trinajstić information content (AvgIpc) is 1.97. The highest BCUT2D eigenvalue weighted by atomic mass is 32.1. The van der Waals surface area contributed by atoms with Crippen LogP contribution in [0.2, 0.25) is 0 Å². The van der Waals surface area contributed by atoms with Crippen LogP contribution in [0, 0.1) is 0 Å². The Kier molecular flexibility index (Phi) is 3.88. The monoisotopic (exact) mass is 189 g/mol. The van der Waals surface area contributed by atoms with E-state index in [1.165, 1.54) is 6.42 Å². The van der Waals surface area contributed by atoms with Gasteiger partial charge in [0.15, 0.2) is 0 Å². The van der Waals surface area contributed by atoms with Crippen LogP contribution >= 0.6 is 12.6 Å². The molecule has 0 aromatic carbocycles. The molecular formula is C8H15NO2S. The van der Waals surface area contributed by atoms with E-state index in [4.69, 9.17) is 10.5 Å². The fourth-order valence-corrected chi connectivity index (χ4v) is 1.28. The number of hydrogen-bond acceptors (Lipinski definition) is 4. The first-order valence-electron chi connectivity index (χ1n) is 4.31. The van der Waals surface area contributed by atoms with Crippen LogP contribution in [0.3, 0.4) is 0 Å². The third kappa shape index (κ3) is 2.68. The molecule has 0 aromatic rings. The van der Waals surface area contributed by atoms with Crippen molar-refractivity contribution in [2.24, 2.45) is 5.73 Å². The predicted octanol–water partition coefficient (Wildman–Crippen LogP) is 0.729. The zero-order chi connectivity index (χ0) is 8.97. The molecule has 1 aliphatic carbocycles. The summed E-state index contributed by atoms with van der Waals surface area (Å²) in [6.07, 6.45) is 3.90. The molecule has 1 atom stereocenters. The molecule has 4 heteroatoms. The molecular weight excluding hydrogens is 174 g/mol. The first-order valence-corrected chi connectivity index (χ1v) is 4.94. The molecule has 70 valence electrons. The molecule has 0 amide bonds. The lowest BCUT2D eigenvalue weighted by Crippen LogP contribution is -2.37. The molecule has 0 saturated heterocycles. The van der Waals surface area contributed by atoms with Gasteiger partial charge >= 0.3 is 5.97 Å². The van der Waals surface area contributed by atoms with Crippen molar-refractivity contribution in [3.63, 3.8) is 0 Å². The lowest BCUT2D eigenvalue weighted by molar-refractivity contribution is -0.154. The number of thiol groups is 1. The molecule has 3 nitrogen and oxygen atoms in total. The summed E-state index contributed by atoms with van der Waals surface area (Å²) in [5.74, 6) is 0.356. The number of carbonyl (C=O) groups excluding carboxylic acids is 1. The average molecular weight is 189 g/mol. The summed E-state index contributed by atoms with van der Waals surface area (Å²) in [7, 11) is 0. The maximum atomic E-state index is 11.2. The summed E-state index contributed by atoms with van der Waals surface area (Å²) in [4.78, 5) is 11.2. The molecule has 0 heterocycles. The van der Waals surface area contributed by atoms with Crippen molar-refractivity contribution < 1.29 is 9.53 Å². The van der Waals surface area contributed by atoms with E-state index < -0.39 is 6.04 Å². The highest BCUT2D eigenvalue weighted by Crippen LogP contribution is 2.22. The van der Waals surface area contributed by atoms with Gasteiger partial charge in [-0.1, -0.05) is 0 Å². The zero-order valence-corrected chi connectivity index (χ0v) is 7.93. The highest BCUT2D eigenvalue weighted by molar-refractivity contribution is 7.80. The summed E-state index contributed by atoms with van der Waals surface area (Å²) in [5, 5.41) is 0. The van der Waals surface area contributed by atoms with Gasteiger partial charge in [0.2, 0.25) is 0 Å².